The van der Waals surface area contributed by atoms with Crippen molar-refractivity contribution >= 4 is 11.8 Å². The molecule has 0 aromatic heterocycles. The third-order valence-corrected chi connectivity index (χ3v) is 2.57. The molecule has 18 heavy (non-hydrogen) atoms. The van der Waals surface area contributed by atoms with E-state index in [2.05, 4.69) is 10.6 Å². The highest BCUT2D eigenvalue weighted by Crippen LogP contribution is 2.02. The van der Waals surface area contributed by atoms with Gasteiger partial charge in [-0.25, -0.2) is 0 Å². The summed E-state index contributed by atoms with van der Waals surface area (Å²) in [4.78, 5) is 23.4. The highest BCUT2D eigenvalue weighted by molar-refractivity contribution is 5.88. The van der Waals surface area contributed by atoms with Gasteiger partial charge in [-0.05, 0) is 18.4 Å². The number of methoxy groups -OCH3 is 1. The number of hydrogen-bond acceptors (Lipinski definition) is 4. The first-order valence-corrected chi connectivity index (χ1v) is 6.18. The van der Waals surface area contributed by atoms with Gasteiger partial charge in [-0.15, -0.1) is 0 Å². The third-order valence-electron chi connectivity index (χ3n) is 2.57. The van der Waals surface area contributed by atoms with E-state index >= 15 is 0 Å². The molecule has 0 aromatic carbocycles. The van der Waals surface area contributed by atoms with Gasteiger partial charge in [-0.2, -0.15) is 0 Å². The summed E-state index contributed by atoms with van der Waals surface area (Å²) >= 11 is 0. The molecule has 6 nitrogen and oxygen atoms in total. The van der Waals surface area contributed by atoms with Gasteiger partial charge in [0.05, 0.1) is 0 Å². The van der Waals surface area contributed by atoms with Gasteiger partial charge in [0.25, 0.3) is 0 Å². The fraction of sp³-hybridized carbons (Fsp3) is 0.833. The molecule has 0 aromatic rings. The first kappa shape index (κ1) is 16.9. The number of carbonyl (C=O) groups is 2. The van der Waals surface area contributed by atoms with Crippen LogP contribution < -0.4 is 16.4 Å². The van der Waals surface area contributed by atoms with E-state index in [9.17, 15) is 9.59 Å². The molecule has 0 fully saturated rings. The largest absolute Gasteiger partial charge is 0.375 e. The van der Waals surface area contributed by atoms with Gasteiger partial charge in [0.1, 0.15) is 12.6 Å². The second-order valence-corrected chi connectivity index (χ2v) is 4.81. The summed E-state index contributed by atoms with van der Waals surface area (Å²) in [5.74, 6) is -0.247. The van der Waals surface area contributed by atoms with Crippen LogP contribution in [0.5, 0.6) is 0 Å². The lowest BCUT2D eigenvalue weighted by Gasteiger charge is -2.22. The van der Waals surface area contributed by atoms with E-state index in [0.29, 0.717) is 13.1 Å². The molecule has 106 valence electrons. The Labute approximate surface area is 109 Å². The fourth-order valence-electron chi connectivity index (χ4n) is 1.35. The predicted molar refractivity (Wildman–Crippen MR) is 69.9 cm³/mol. The summed E-state index contributed by atoms with van der Waals surface area (Å²) in [6.07, 6.45) is 0. The van der Waals surface area contributed by atoms with E-state index < -0.39 is 6.04 Å². The van der Waals surface area contributed by atoms with Crippen molar-refractivity contribution in [3.63, 3.8) is 0 Å². The average molecular weight is 259 g/mol. The molecule has 0 bridgehead atoms. The minimum Gasteiger partial charge on any atom is -0.375 e. The van der Waals surface area contributed by atoms with Gasteiger partial charge in [-0.3, -0.25) is 9.59 Å². The zero-order valence-electron chi connectivity index (χ0n) is 11.7. The number of hydrogen-bond donors (Lipinski definition) is 3. The molecular weight excluding hydrogens is 234 g/mol. The van der Waals surface area contributed by atoms with Gasteiger partial charge in [0.2, 0.25) is 11.8 Å². The average Bonchev–Trinajstić information content (AvgIpc) is 2.32. The van der Waals surface area contributed by atoms with Crippen LogP contribution >= 0.6 is 0 Å². The molecule has 0 aliphatic carbocycles. The summed E-state index contributed by atoms with van der Waals surface area (Å²) in [5.41, 5.74) is 5.48. The summed E-state index contributed by atoms with van der Waals surface area (Å²) in [6.45, 7) is 6.69. The smallest absolute Gasteiger partial charge is 0.246 e. The lowest BCUT2D eigenvalue weighted by molar-refractivity contribution is -0.132. The van der Waals surface area contributed by atoms with E-state index in [4.69, 9.17) is 10.5 Å². The molecule has 2 atom stereocenters. The maximum Gasteiger partial charge on any atom is 0.246 e. The van der Waals surface area contributed by atoms with Crippen molar-refractivity contribution in [1.29, 1.82) is 0 Å². The van der Waals surface area contributed by atoms with Crippen molar-refractivity contribution < 1.29 is 14.3 Å². The minimum absolute atomic E-state index is 0.0130. The Bertz CT molecular complexity index is 269. The minimum atomic E-state index is -0.544. The van der Waals surface area contributed by atoms with E-state index in [1.54, 1.807) is 0 Å². The van der Waals surface area contributed by atoms with Crippen LogP contribution in [0.25, 0.3) is 0 Å². The predicted octanol–water partition coefficient (Wildman–Crippen LogP) is -0.515. The zero-order valence-corrected chi connectivity index (χ0v) is 11.7. The number of nitrogens with two attached hydrogens (primary N) is 1. The molecular formula is C12H25N3O3. The first-order valence-electron chi connectivity index (χ1n) is 6.18. The van der Waals surface area contributed by atoms with Gasteiger partial charge >= 0.3 is 0 Å². The summed E-state index contributed by atoms with van der Waals surface area (Å²) in [7, 11) is 1.44. The number of nitrogens with one attached hydrogen (secondary N) is 2. The summed E-state index contributed by atoms with van der Waals surface area (Å²) < 4.78 is 4.72. The quantitative estimate of drug-likeness (QED) is 0.547. The number of carbonyl (C=O) groups excluding carboxylic acids is 2. The molecule has 0 aliphatic heterocycles. The van der Waals surface area contributed by atoms with Crippen LogP contribution in [0.3, 0.4) is 0 Å². The molecule has 0 aliphatic rings. The molecule has 1 unspecified atom stereocenters. The Morgan fingerprint density at radius 3 is 2.33 bits per heavy atom. The first-order chi connectivity index (χ1) is 8.42. The maximum atomic E-state index is 11.9. The van der Waals surface area contributed by atoms with Gasteiger partial charge in [0.15, 0.2) is 0 Å². The van der Waals surface area contributed by atoms with Gasteiger partial charge < -0.3 is 21.1 Å². The highest BCUT2D eigenvalue weighted by Gasteiger charge is 2.23. The van der Waals surface area contributed by atoms with E-state index in [1.165, 1.54) is 7.11 Å². The third kappa shape index (κ3) is 6.56. The van der Waals surface area contributed by atoms with Crippen LogP contribution in [0.15, 0.2) is 0 Å². The maximum absolute atomic E-state index is 11.9. The van der Waals surface area contributed by atoms with Gasteiger partial charge in [0, 0.05) is 13.7 Å². The summed E-state index contributed by atoms with van der Waals surface area (Å²) in [6, 6.07) is -0.544. The Morgan fingerprint density at radius 2 is 1.89 bits per heavy atom. The molecule has 2 amide bonds. The standard InChI is InChI=1S/C12H25N3O3/c1-8(2)11(15-10(16)7-18-4)12(17)14-6-9(3)5-13/h8-9,11H,5-7,13H2,1-4H3,(H,14,17)(H,15,16)/t9?,11-/m0/s1. The molecule has 0 heterocycles. The van der Waals surface area contributed by atoms with E-state index in [0.717, 1.165) is 0 Å². The Morgan fingerprint density at radius 1 is 1.28 bits per heavy atom. The van der Waals surface area contributed by atoms with Crippen molar-refractivity contribution in [2.75, 3.05) is 26.8 Å². The zero-order chi connectivity index (χ0) is 14.1. The lowest BCUT2D eigenvalue weighted by Crippen LogP contribution is -2.51. The summed E-state index contributed by atoms with van der Waals surface area (Å²) in [5, 5.41) is 5.44. The molecule has 0 spiro atoms. The topological polar surface area (TPSA) is 93.4 Å². The van der Waals surface area contributed by atoms with Gasteiger partial charge in [-0.1, -0.05) is 20.8 Å². The van der Waals surface area contributed by atoms with Crippen molar-refractivity contribution in [2.45, 2.75) is 26.8 Å². The number of rotatable bonds is 8. The van der Waals surface area contributed by atoms with Crippen LogP contribution in [0.2, 0.25) is 0 Å². The van der Waals surface area contributed by atoms with Crippen LogP contribution in [-0.2, 0) is 14.3 Å². The molecule has 0 radical (unpaired) electrons. The van der Waals surface area contributed by atoms with Crippen molar-refractivity contribution in [1.82, 2.24) is 10.6 Å². The van der Waals surface area contributed by atoms with Crippen LogP contribution in [0.1, 0.15) is 20.8 Å². The molecule has 0 rings (SSSR count). The Hall–Kier alpha value is -1.14. The molecule has 6 heteroatoms. The SMILES string of the molecule is COCC(=O)N[C@H](C(=O)NCC(C)CN)C(C)C. The van der Waals surface area contributed by atoms with Crippen molar-refractivity contribution in [2.24, 2.45) is 17.6 Å². The number of ether oxygens (including phenoxy) is 1. The molecule has 0 saturated heterocycles. The Balaban J connectivity index is 4.32. The Kier molecular flexibility index (Phi) is 8.32. The van der Waals surface area contributed by atoms with E-state index in [1.807, 2.05) is 20.8 Å². The monoisotopic (exact) mass is 259 g/mol. The van der Waals surface area contributed by atoms with Crippen LogP contribution in [-0.4, -0.2) is 44.7 Å². The van der Waals surface area contributed by atoms with E-state index in [-0.39, 0.29) is 30.3 Å². The molecule has 4 N–H and O–H groups in total. The second-order valence-electron chi connectivity index (χ2n) is 4.81. The second kappa shape index (κ2) is 8.88. The fourth-order valence-corrected chi connectivity index (χ4v) is 1.35. The number of amides is 2. The van der Waals surface area contributed by atoms with Crippen molar-refractivity contribution in [3.05, 3.63) is 0 Å². The lowest BCUT2D eigenvalue weighted by atomic mass is 10.0. The normalized spacial score (nSPS) is 14.1. The van der Waals surface area contributed by atoms with Crippen LogP contribution in [0.4, 0.5) is 0 Å². The van der Waals surface area contributed by atoms with Crippen molar-refractivity contribution in [3.8, 4) is 0 Å². The highest BCUT2D eigenvalue weighted by atomic mass is 16.5. The van der Waals surface area contributed by atoms with Crippen LogP contribution in [0, 0.1) is 11.8 Å². The molecule has 0 saturated carbocycles.